The Kier molecular flexibility index (Phi) is 9.44. The third kappa shape index (κ3) is 6.96. The van der Waals surface area contributed by atoms with Gasteiger partial charge < -0.3 is 42.3 Å². The first-order valence-electron chi connectivity index (χ1n) is 9.02. The number of nitrogens with zero attached hydrogens (tertiary/aromatic N) is 1. The fourth-order valence-electron chi connectivity index (χ4n) is 2.85. The number of hydrogen-bond donors (Lipinski definition) is 7. The maximum absolute atomic E-state index is 12.5. The van der Waals surface area contributed by atoms with Crippen molar-refractivity contribution in [3.63, 3.8) is 0 Å². The highest BCUT2D eigenvalue weighted by molar-refractivity contribution is 5.94. The van der Waals surface area contributed by atoms with E-state index >= 15 is 0 Å². The summed E-state index contributed by atoms with van der Waals surface area (Å²) in [6, 6.07) is -5.12. The van der Waals surface area contributed by atoms with Gasteiger partial charge in [-0.05, 0) is 19.3 Å². The summed E-state index contributed by atoms with van der Waals surface area (Å²) >= 11 is 0. The molecule has 0 saturated carbocycles. The van der Waals surface area contributed by atoms with Crippen LogP contribution in [0.1, 0.15) is 25.7 Å². The normalized spacial score (nSPS) is 19.1. The number of carbonyl (C=O) groups excluding carboxylic acids is 4. The van der Waals surface area contributed by atoms with Crippen LogP contribution in [0.25, 0.3) is 0 Å². The molecule has 0 aliphatic carbocycles. The minimum absolute atomic E-state index is 0.0653. The molecule has 9 N–H and O–H groups in total. The van der Waals surface area contributed by atoms with Gasteiger partial charge in [0.15, 0.2) is 0 Å². The van der Waals surface area contributed by atoms with Crippen LogP contribution < -0.4 is 22.1 Å². The van der Waals surface area contributed by atoms with E-state index in [0.717, 1.165) is 4.90 Å². The zero-order chi connectivity index (χ0) is 22.1. The van der Waals surface area contributed by atoms with Gasteiger partial charge in [0.1, 0.15) is 18.1 Å². The standard InChI is InChI=1S/C16H27N5O8/c17-8(3-4-12(18)24)13(25)19-9(6-22)14(26)20-10(7-23)15(27)21-5-1-2-11(21)16(28)29/h8-11,22-23H,1-7,17H2,(H2,18,24)(H,19,25)(H,20,26)(H,28,29). The zero-order valence-electron chi connectivity index (χ0n) is 15.7. The highest BCUT2D eigenvalue weighted by Crippen LogP contribution is 2.18. The van der Waals surface area contributed by atoms with E-state index in [9.17, 15) is 34.2 Å². The maximum Gasteiger partial charge on any atom is 0.326 e. The van der Waals surface area contributed by atoms with Crippen LogP contribution >= 0.6 is 0 Å². The summed E-state index contributed by atoms with van der Waals surface area (Å²) in [5.41, 5.74) is 10.5. The van der Waals surface area contributed by atoms with Crippen LogP contribution in [0, 0.1) is 0 Å². The second-order valence-corrected chi connectivity index (χ2v) is 6.63. The molecule has 0 bridgehead atoms. The molecule has 164 valence electrons. The second-order valence-electron chi connectivity index (χ2n) is 6.63. The Morgan fingerprint density at radius 3 is 2.14 bits per heavy atom. The lowest BCUT2D eigenvalue weighted by molar-refractivity contribution is -0.150. The van der Waals surface area contributed by atoms with Gasteiger partial charge in [-0.25, -0.2) is 4.79 Å². The van der Waals surface area contributed by atoms with Gasteiger partial charge in [0, 0.05) is 13.0 Å². The van der Waals surface area contributed by atoms with Crippen molar-refractivity contribution in [2.45, 2.75) is 49.9 Å². The Bertz CT molecular complexity index is 643. The molecular weight excluding hydrogens is 390 g/mol. The minimum atomic E-state index is -1.47. The topological polar surface area (TPSA) is 225 Å². The van der Waals surface area contributed by atoms with Crippen molar-refractivity contribution >= 4 is 29.6 Å². The summed E-state index contributed by atoms with van der Waals surface area (Å²) in [6.45, 7) is -1.47. The average molecular weight is 417 g/mol. The molecule has 4 atom stereocenters. The molecule has 0 aromatic rings. The summed E-state index contributed by atoms with van der Waals surface area (Å²) in [4.78, 5) is 59.8. The SMILES string of the molecule is NC(=O)CCC(N)C(=O)NC(CO)C(=O)NC(CO)C(=O)N1CCCC1C(=O)O. The molecule has 4 unspecified atom stereocenters. The van der Waals surface area contributed by atoms with Crippen LogP contribution in [0.4, 0.5) is 0 Å². The summed E-state index contributed by atoms with van der Waals surface area (Å²) < 4.78 is 0. The number of hydrogen-bond acceptors (Lipinski definition) is 8. The largest absolute Gasteiger partial charge is 0.480 e. The van der Waals surface area contributed by atoms with Crippen LogP contribution in [0.3, 0.4) is 0 Å². The fourth-order valence-corrected chi connectivity index (χ4v) is 2.85. The first-order chi connectivity index (χ1) is 13.6. The number of primary amides is 1. The molecule has 1 heterocycles. The lowest BCUT2D eigenvalue weighted by atomic mass is 10.1. The van der Waals surface area contributed by atoms with Gasteiger partial charge in [0.25, 0.3) is 0 Å². The van der Waals surface area contributed by atoms with Crippen LogP contribution in [0.5, 0.6) is 0 Å². The third-order valence-electron chi connectivity index (χ3n) is 4.47. The number of rotatable bonds is 11. The van der Waals surface area contributed by atoms with Crippen molar-refractivity contribution in [3.05, 3.63) is 0 Å². The highest BCUT2D eigenvalue weighted by Gasteiger charge is 2.38. The Labute approximate surface area is 166 Å². The number of nitrogens with two attached hydrogens (primary N) is 2. The van der Waals surface area contributed by atoms with E-state index in [-0.39, 0.29) is 25.8 Å². The van der Waals surface area contributed by atoms with Gasteiger partial charge in [-0.3, -0.25) is 19.2 Å². The molecule has 1 aliphatic heterocycles. The number of nitrogens with one attached hydrogen (secondary N) is 2. The molecule has 1 rings (SSSR count). The highest BCUT2D eigenvalue weighted by atomic mass is 16.4. The Morgan fingerprint density at radius 1 is 1.03 bits per heavy atom. The molecule has 0 spiro atoms. The summed E-state index contributed by atoms with van der Waals surface area (Å²) in [5.74, 6) is -4.42. The molecule has 29 heavy (non-hydrogen) atoms. The molecule has 4 amide bonds. The van der Waals surface area contributed by atoms with Gasteiger partial charge in [-0.15, -0.1) is 0 Å². The molecule has 13 heteroatoms. The number of likely N-dealkylation sites (tertiary alicyclic amines) is 1. The Balaban J connectivity index is 2.71. The van der Waals surface area contributed by atoms with Gasteiger partial charge >= 0.3 is 5.97 Å². The number of aliphatic carboxylic acids is 1. The first-order valence-corrected chi connectivity index (χ1v) is 9.02. The van der Waals surface area contributed by atoms with E-state index in [1.165, 1.54) is 0 Å². The number of carboxylic acids is 1. The van der Waals surface area contributed by atoms with Gasteiger partial charge in [-0.1, -0.05) is 0 Å². The lowest BCUT2D eigenvalue weighted by Crippen LogP contribution is -2.59. The molecule has 0 aromatic heterocycles. The number of aliphatic hydroxyl groups excluding tert-OH is 2. The van der Waals surface area contributed by atoms with E-state index in [1.807, 2.05) is 0 Å². The third-order valence-corrected chi connectivity index (χ3v) is 4.47. The summed E-state index contributed by atoms with van der Waals surface area (Å²) in [5, 5.41) is 32.3. The van der Waals surface area contributed by atoms with Crippen molar-refractivity contribution in [3.8, 4) is 0 Å². The van der Waals surface area contributed by atoms with Gasteiger partial charge in [0.2, 0.25) is 23.6 Å². The van der Waals surface area contributed by atoms with E-state index < -0.39 is 67.0 Å². The molecule has 0 aromatic carbocycles. The molecule has 13 nitrogen and oxygen atoms in total. The zero-order valence-corrected chi connectivity index (χ0v) is 15.7. The maximum atomic E-state index is 12.5. The van der Waals surface area contributed by atoms with E-state index in [0.29, 0.717) is 6.42 Å². The number of amides is 4. The quantitative estimate of drug-likeness (QED) is 0.172. The van der Waals surface area contributed by atoms with E-state index in [4.69, 9.17) is 16.6 Å². The molecule has 1 aliphatic rings. The fraction of sp³-hybridized carbons (Fsp3) is 0.688. The minimum Gasteiger partial charge on any atom is -0.480 e. The van der Waals surface area contributed by atoms with Crippen LogP contribution in [-0.4, -0.2) is 93.7 Å². The van der Waals surface area contributed by atoms with E-state index in [1.54, 1.807) is 0 Å². The second kappa shape index (κ2) is 11.3. The molecular formula is C16H27N5O8. The van der Waals surface area contributed by atoms with Gasteiger partial charge in [0.05, 0.1) is 19.3 Å². The number of carbonyl (C=O) groups is 5. The molecule has 0 radical (unpaired) electrons. The molecule has 1 saturated heterocycles. The lowest BCUT2D eigenvalue weighted by Gasteiger charge is -2.27. The van der Waals surface area contributed by atoms with Crippen LogP contribution in [0.15, 0.2) is 0 Å². The predicted molar refractivity (Wildman–Crippen MR) is 96.8 cm³/mol. The average Bonchev–Trinajstić information content (AvgIpc) is 3.17. The summed E-state index contributed by atoms with van der Waals surface area (Å²) in [7, 11) is 0. The van der Waals surface area contributed by atoms with Crippen molar-refractivity contribution < 1.29 is 39.3 Å². The van der Waals surface area contributed by atoms with Crippen LogP contribution in [-0.2, 0) is 24.0 Å². The number of aliphatic hydroxyl groups is 2. The van der Waals surface area contributed by atoms with Crippen molar-refractivity contribution in [2.75, 3.05) is 19.8 Å². The van der Waals surface area contributed by atoms with Crippen molar-refractivity contribution in [2.24, 2.45) is 11.5 Å². The monoisotopic (exact) mass is 417 g/mol. The van der Waals surface area contributed by atoms with Crippen molar-refractivity contribution in [1.82, 2.24) is 15.5 Å². The first kappa shape index (κ1) is 24.3. The van der Waals surface area contributed by atoms with Crippen LogP contribution in [0.2, 0.25) is 0 Å². The van der Waals surface area contributed by atoms with Gasteiger partial charge in [-0.2, -0.15) is 0 Å². The number of carboxylic acid groups (broad SMARTS) is 1. The Morgan fingerprint density at radius 2 is 1.62 bits per heavy atom. The molecule has 1 fully saturated rings. The predicted octanol–water partition coefficient (Wildman–Crippen LogP) is -4.39. The summed E-state index contributed by atoms with van der Waals surface area (Å²) in [6.07, 6.45) is 0.509. The Hall–Kier alpha value is -2.77. The van der Waals surface area contributed by atoms with Crippen molar-refractivity contribution in [1.29, 1.82) is 0 Å². The smallest absolute Gasteiger partial charge is 0.326 e. The van der Waals surface area contributed by atoms with E-state index in [2.05, 4.69) is 10.6 Å².